The summed E-state index contributed by atoms with van der Waals surface area (Å²) in [6, 6.07) is 28.6. The predicted molar refractivity (Wildman–Crippen MR) is 224 cm³/mol. The van der Waals surface area contributed by atoms with Gasteiger partial charge < -0.3 is 16.2 Å². The van der Waals surface area contributed by atoms with E-state index in [2.05, 4.69) is 40.9 Å². The molecule has 0 saturated heterocycles. The first kappa shape index (κ1) is 41.6. The van der Waals surface area contributed by atoms with Crippen LogP contribution in [0.3, 0.4) is 0 Å². The maximum absolute atomic E-state index is 12.5. The molecule has 0 aliphatic heterocycles. The van der Waals surface area contributed by atoms with Gasteiger partial charge in [0.15, 0.2) is 0 Å². The smallest absolute Gasteiger partial charge is 0.296 e. The third-order valence-corrected chi connectivity index (χ3v) is 10.5. The van der Waals surface area contributed by atoms with Crippen LogP contribution in [0, 0.1) is 20.8 Å². The van der Waals surface area contributed by atoms with Crippen molar-refractivity contribution in [1.29, 1.82) is 0 Å². The zero-order valence-corrected chi connectivity index (χ0v) is 33.5. The second-order valence-electron chi connectivity index (χ2n) is 13.0. The number of nitrogen functional groups attached to an aromatic ring is 2. The van der Waals surface area contributed by atoms with Gasteiger partial charge in [0.25, 0.3) is 20.2 Å². The number of aryl methyl sites for hydroxylation is 3. The molecule has 59 heavy (non-hydrogen) atoms. The number of anilines is 2. The Kier molecular flexibility index (Phi) is 12.1. The quantitative estimate of drug-likeness (QED) is 0.0518. The summed E-state index contributed by atoms with van der Waals surface area (Å²) in [5.41, 5.74) is 18.2. The lowest BCUT2D eigenvalue weighted by atomic mass is 10.0. The minimum absolute atomic E-state index is 0.128. The molecule has 19 heteroatoms. The van der Waals surface area contributed by atoms with E-state index in [0.29, 0.717) is 56.7 Å². The average Bonchev–Trinajstić information content (AvgIpc) is 3.19. The molecule has 300 valence electrons. The fraction of sp³-hybridized carbons (Fsp3) is 0.100. The molecule has 0 fully saturated rings. The van der Waals surface area contributed by atoms with Gasteiger partial charge in [-0.15, -0.1) is 5.11 Å². The fourth-order valence-electron chi connectivity index (χ4n) is 5.54. The highest BCUT2D eigenvalue weighted by Crippen LogP contribution is 2.38. The zero-order chi connectivity index (χ0) is 42.5. The van der Waals surface area contributed by atoms with Gasteiger partial charge in [0, 0.05) is 17.3 Å². The Hall–Kier alpha value is -7.06. The first-order valence-corrected chi connectivity index (χ1v) is 20.3. The van der Waals surface area contributed by atoms with Gasteiger partial charge in [-0.05, 0) is 128 Å². The molecule has 6 aromatic carbocycles. The van der Waals surface area contributed by atoms with E-state index in [0.717, 1.165) is 17.2 Å². The highest BCUT2D eigenvalue weighted by Gasteiger charge is 2.19. The molecule has 6 aromatic rings. The van der Waals surface area contributed by atoms with Gasteiger partial charge in [-0.2, -0.15) is 52.6 Å². The van der Waals surface area contributed by atoms with Crippen LogP contribution >= 0.6 is 0 Å². The first-order chi connectivity index (χ1) is 28.0. The number of nitrogens with zero attached hydrogens (tertiary/aromatic N) is 8. The van der Waals surface area contributed by atoms with Gasteiger partial charge >= 0.3 is 0 Å². The molecule has 17 nitrogen and oxygen atoms in total. The SMILES string of the molecule is COc1cc(N=Nc2ccc(-c3ccc(N=Nc4cc(C)c(N=Nc5ccc(N)cc5)cc4C)cc3S(=O)(=O)O)cc2)c(C)cc1N=Nc1ccc(N)c(S(=O)(=O)O)c1. The maximum atomic E-state index is 12.5. The largest absolute Gasteiger partial charge is 0.494 e. The van der Waals surface area contributed by atoms with Crippen LogP contribution in [-0.4, -0.2) is 33.1 Å². The third-order valence-electron chi connectivity index (χ3n) is 8.69. The third kappa shape index (κ3) is 10.3. The number of benzene rings is 6. The van der Waals surface area contributed by atoms with Crippen LogP contribution in [0.5, 0.6) is 5.75 Å². The number of hydrogen-bond acceptors (Lipinski definition) is 15. The predicted octanol–water partition coefficient (Wildman–Crippen LogP) is 11.6. The van der Waals surface area contributed by atoms with Crippen LogP contribution in [0.25, 0.3) is 11.1 Å². The number of ether oxygens (including phenoxy) is 1. The van der Waals surface area contributed by atoms with Crippen molar-refractivity contribution in [2.24, 2.45) is 40.9 Å². The first-order valence-electron chi connectivity index (χ1n) is 17.4. The van der Waals surface area contributed by atoms with E-state index in [1.54, 1.807) is 79.7 Å². The lowest BCUT2D eigenvalue weighted by Crippen LogP contribution is -2.02. The van der Waals surface area contributed by atoms with Crippen LogP contribution in [0.4, 0.5) is 56.9 Å². The molecule has 0 atom stereocenters. The van der Waals surface area contributed by atoms with Crippen molar-refractivity contribution in [1.82, 2.24) is 0 Å². The van der Waals surface area contributed by atoms with E-state index in [1.165, 1.54) is 31.4 Å². The maximum Gasteiger partial charge on any atom is 0.296 e. The molecule has 0 amide bonds. The number of hydrogen-bond donors (Lipinski definition) is 4. The van der Waals surface area contributed by atoms with Gasteiger partial charge in [0.2, 0.25) is 0 Å². The Labute approximate surface area is 339 Å². The highest BCUT2D eigenvalue weighted by atomic mass is 32.2. The molecular formula is C40H36N10O7S2. The van der Waals surface area contributed by atoms with Crippen molar-refractivity contribution in [3.63, 3.8) is 0 Å². The summed E-state index contributed by atoms with van der Waals surface area (Å²) in [5.74, 6) is 0.298. The van der Waals surface area contributed by atoms with Gasteiger partial charge in [-0.25, -0.2) is 0 Å². The summed E-state index contributed by atoms with van der Waals surface area (Å²) < 4.78 is 73.4. The van der Waals surface area contributed by atoms with Crippen LogP contribution < -0.4 is 16.2 Å². The van der Waals surface area contributed by atoms with Crippen molar-refractivity contribution in [2.45, 2.75) is 30.6 Å². The van der Waals surface area contributed by atoms with Crippen molar-refractivity contribution < 1.29 is 30.7 Å². The summed E-state index contributed by atoms with van der Waals surface area (Å²) in [6.07, 6.45) is 0. The monoisotopic (exact) mass is 832 g/mol. The lowest BCUT2D eigenvalue weighted by Gasteiger charge is -2.09. The molecule has 0 aliphatic carbocycles. The van der Waals surface area contributed by atoms with Gasteiger partial charge in [-0.3, -0.25) is 9.11 Å². The van der Waals surface area contributed by atoms with E-state index >= 15 is 0 Å². The topological polar surface area (TPSA) is 269 Å². The van der Waals surface area contributed by atoms with Crippen molar-refractivity contribution in [3.05, 3.63) is 126 Å². The van der Waals surface area contributed by atoms with E-state index in [1.807, 2.05) is 19.9 Å². The number of rotatable bonds is 12. The molecule has 0 spiro atoms. The summed E-state index contributed by atoms with van der Waals surface area (Å²) in [5, 5.41) is 34.1. The molecule has 6 rings (SSSR count). The van der Waals surface area contributed by atoms with Crippen LogP contribution in [0.15, 0.2) is 160 Å². The van der Waals surface area contributed by atoms with Crippen molar-refractivity contribution in [3.8, 4) is 16.9 Å². The Bertz CT molecular complexity index is 2920. The second kappa shape index (κ2) is 17.2. The molecular weight excluding hydrogens is 797 g/mol. The molecule has 0 aliphatic rings. The average molecular weight is 833 g/mol. The highest BCUT2D eigenvalue weighted by molar-refractivity contribution is 7.86. The molecule has 6 N–H and O–H groups in total. The summed E-state index contributed by atoms with van der Waals surface area (Å²) >= 11 is 0. The summed E-state index contributed by atoms with van der Waals surface area (Å²) in [4.78, 5) is -0.846. The number of azo groups is 4. The molecule has 0 bridgehead atoms. The molecule has 0 aromatic heterocycles. The van der Waals surface area contributed by atoms with Crippen LogP contribution in [-0.2, 0) is 20.2 Å². The normalized spacial score (nSPS) is 12.4. The Morgan fingerprint density at radius 1 is 0.475 bits per heavy atom. The lowest BCUT2D eigenvalue weighted by molar-refractivity contribution is 0.416. The Balaban J connectivity index is 1.18. The van der Waals surface area contributed by atoms with E-state index in [4.69, 9.17) is 16.2 Å². The Morgan fingerprint density at radius 2 is 0.881 bits per heavy atom. The van der Waals surface area contributed by atoms with Crippen LogP contribution in [0.1, 0.15) is 16.7 Å². The number of methoxy groups -OCH3 is 1. The summed E-state index contributed by atoms with van der Waals surface area (Å²) in [6.45, 7) is 5.47. The molecule has 0 saturated carbocycles. The van der Waals surface area contributed by atoms with Gasteiger partial charge in [-0.1, -0.05) is 18.2 Å². The van der Waals surface area contributed by atoms with Gasteiger partial charge in [0.05, 0.1) is 52.6 Å². The van der Waals surface area contributed by atoms with E-state index in [9.17, 15) is 25.9 Å². The number of nitrogens with two attached hydrogens (primary N) is 2. The molecule has 0 heterocycles. The minimum atomic E-state index is -4.68. The minimum Gasteiger partial charge on any atom is -0.494 e. The van der Waals surface area contributed by atoms with Crippen molar-refractivity contribution in [2.75, 3.05) is 18.6 Å². The second-order valence-corrected chi connectivity index (χ2v) is 15.8. The van der Waals surface area contributed by atoms with Crippen molar-refractivity contribution >= 4 is 77.1 Å². The zero-order valence-electron chi connectivity index (χ0n) is 31.9. The summed E-state index contributed by atoms with van der Waals surface area (Å²) in [7, 11) is -7.81. The Morgan fingerprint density at radius 3 is 1.39 bits per heavy atom. The van der Waals surface area contributed by atoms with E-state index < -0.39 is 25.1 Å². The standard InChI is InChI=1S/C40H36N10O7S2/c1-23-18-35(24(2)17-34(23)47-44-29-11-7-27(41)8-12-29)48-45-30-13-15-32(39(20-30)58(51,52)53)26-5-9-28(10-6-26)43-49-36-22-38(57-4)37(19-25(36)3)50-46-31-14-16-33(42)40(21-31)59(54,55)56/h5-22H,41-42H2,1-4H3,(H,51,52,53)(H,54,55,56). The molecule has 0 radical (unpaired) electrons. The van der Waals surface area contributed by atoms with E-state index in [-0.39, 0.29) is 27.5 Å². The fourth-order valence-corrected chi connectivity index (χ4v) is 6.91. The van der Waals surface area contributed by atoms with Crippen LogP contribution in [0.2, 0.25) is 0 Å². The van der Waals surface area contributed by atoms with Gasteiger partial charge in [0.1, 0.15) is 21.2 Å². The molecule has 0 unspecified atom stereocenters.